The molecule has 0 N–H and O–H groups in total. The number of hydrogen-bond acceptors (Lipinski definition) is 4. The summed E-state index contributed by atoms with van der Waals surface area (Å²) in [5, 5.41) is -0.641. The van der Waals surface area contributed by atoms with E-state index in [2.05, 4.69) is 0 Å². The van der Waals surface area contributed by atoms with E-state index in [4.69, 9.17) is 20.8 Å². The van der Waals surface area contributed by atoms with Crippen LogP contribution < -0.4 is 0 Å². The van der Waals surface area contributed by atoms with Crippen LogP contribution in [0.5, 0.6) is 0 Å². The van der Waals surface area contributed by atoms with Crippen LogP contribution in [0.25, 0.3) is 11.3 Å². The molecule has 2 rings (SSSR count). The van der Waals surface area contributed by atoms with Gasteiger partial charge in [-0.25, -0.2) is 4.79 Å². The van der Waals surface area contributed by atoms with E-state index in [0.29, 0.717) is 17.9 Å². The van der Waals surface area contributed by atoms with Crippen molar-refractivity contribution in [2.24, 2.45) is 0 Å². The van der Waals surface area contributed by atoms with E-state index >= 15 is 0 Å². The lowest BCUT2D eigenvalue weighted by Crippen LogP contribution is -2.05. The number of carbonyl (C=O) groups is 2. The first-order chi connectivity index (χ1) is 10.1. The third kappa shape index (κ3) is 3.95. The Kier molecular flexibility index (Phi) is 5.17. The second-order valence-electron chi connectivity index (χ2n) is 4.50. The van der Waals surface area contributed by atoms with Crippen LogP contribution >= 0.6 is 11.6 Å². The second-order valence-corrected chi connectivity index (χ2v) is 4.85. The summed E-state index contributed by atoms with van der Waals surface area (Å²) >= 11 is 5.34. The molecule has 0 aliphatic heterocycles. The molecule has 0 aliphatic rings. The van der Waals surface area contributed by atoms with Gasteiger partial charge < -0.3 is 9.15 Å². The zero-order chi connectivity index (χ0) is 15.2. The summed E-state index contributed by atoms with van der Waals surface area (Å²) in [6.07, 6.45) is 1.83. The van der Waals surface area contributed by atoms with Gasteiger partial charge >= 0.3 is 5.97 Å². The fourth-order valence-electron chi connectivity index (χ4n) is 1.76. The number of ether oxygens (including phenoxy) is 1. The van der Waals surface area contributed by atoms with Gasteiger partial charge in [0.25, 0.3) is 5.24 Å². The molecule has 0 saturated heterocycles. The lowest BCUT2D eigenvalue weighted by atomic mass is 10.1. The maximum absolute atomic E-state index is 11.8. The Morgan fingerprint density at radius 3 is 2.43 bits per heavy atom. The third-order valence-corrected chi connectivity index (χ3v) is 3.12. The number of benzene rings is 1. The van der Waals surface area contributed by atoms with E-state index in [1.807, 2.05) is 6.92 Å². The molecule has 21 heavy (non-hydrogen) atoms. The molecule has 1 aromatic heterocycles. The van der Waals surface area contributed by atoms with Gasteiger partial charge in [0.05, 0.1) is 12.2 Å². The summed E-state index contributed by atoms with van der Waals surface area (Å²) in [6, 6.07) is 9.96. The van der Waals surface area contributed by atoms with Crippen LogP contribution in [0.4, 0.5) is 0 Å². The first-order valence-corrected chi connectivity index (χ1v) is 7.07. The van der Waals surface area contributed by atoms with E-state index in [9.17, 15) is 9.59 Å². The molecule has 0 aliphatic carbocycles. The first-order valence-electron chi connectivity index (χ1n) is 6.69. The van der Waals surface area contributed by atoms with Crippen LogP contribution in [0.1, 0.15) is 40.7 Å². The minimum absolute atomic E-state index is 0.0923. The minimum Gasteiger partial charge on any atom is -0.462 e. The Balaban J connectivity index is 2.07. The molecule has 0 saturated carbocycles. The van der Waals surface area contributed by atoms with Crippen molar-refractivity contribution in [3.8, 4) is 11.3 Å². The molecule has 0 spiro atoms. The van der Waals surface area contributed by atoms with Crippen molar-refractivity contribution in [2.75, 3.05) is 6.61 Å². The van der Waals surface area contributed by atoms with Crippen molar-refractivity contribution in [1.29, 1.82) is 0 Å². The fourth-order valence-corrected chi connectivity index (χ4v) is 1.86. The van der Waals surface area contributed by atoms with Crippen molar-refractivity contribution < 1.29 is 18.7 Å². The van der Waals surface area contributed by atoms with Crippen molar-refractivity contribution in [2.45, 2.75) is 19.8 Å². The molecule has 4 nitrogen and oxygen atoms in total. The topological polar surface area (TPSA) is 56.5 Å². The number of hydrogen-bond donors (Lipinski definition) is 0. The summed E-state index contributed by atoms with van der Waals surface area (Å²) < 4.78 is 10.4. The van der Waals surface area contributed by atoms with Crippen molar-refractivity contribution in [1.82, 2.24) is 0 Å². The fraction of sp³-hybridized carbons (Fsp3) is 0.250. The predicted molar refractivity (Wildman–Crippen MR) is 79.5 cm³/mol. The summed E-state index contributed by atoms with van der Waals surface area (Å²) in [5.41, 5.74) is 1.24. The molecule has 5 heteroatoms. The molecule has 0 bridgehead atoms. The van der Waals surface area contributed by atoms with E-state index in [1.165, 1.54) is 6.07 Å². The van der Waals surface area contributed by atoms with Crippen LogP contribution in [0.15, 0.2) is 40.8 Å². The van der Waals surface area contributed by atoms with Gasteiger partial charge in [-0.05, 0) is 42.3 Å². The normalized spacial score (nSPS) is 10.4. The van der Waals surface area contributed by atoms with E-state index in [0.717, 1.165) is 18.4 Å². The third-order valence-electron chi connectivity index (χ3n) is 2.94. The number of esters is 1. The lowest BCUT2D eigenvalue weighted by molar-refractivity contribution is 0.0499. The maximum Gasteiger partial charge on any atom is 0.338 e. The van der Waals surface area contributed by atoms with Gasteiger partial charge in [-0.1, -0.05) is 25.5 Å². The highest BCUT2D eigenvalue weighted by atomic mass is 35.5. The number of halogens is 1. The van der Waals surface area contributed by atoms with Crippen LogP contribution in [0, 0.1) is 0 Å². The summed E-state index contributed by atoms with van der Waals surface area (Å²) in [6.45, 7) is 2.46. The van der Waals surface area contributed by atoms with Gasteiger partial charge in [0, 0.05) is 5.56 Å². The molecule has 0 radical (unpaired) electrons. The van der Waals surface area contributed by atoms with Crippen molar-refractivity contribution in [3.05, 3.63) is 47.7 Å². The van der Waals surface area contributed by atoms with E-state index in [1.54, 1.807) is 30.3 Å². The largest absolute Gasteiger partial charge is 0.462 e. The number of carbonyl (C=O) groups excluding carboxylic acids is 2. The molecule has 1 heterocycles. The van der Waals surface area contributed by atoms with E-state index < -0.39 is 5.24 Å². The number of unbranched alkanes of at least 4 members (excludes halogenated alkanes) is 1. The van der Waals surface area contributed by atoms with E-state index in [-0.39, 0.29) is 11.7 Å². The maximum atomic E-state index is 11.8. The summed E-state index contributed by atoms with van der Waals surface area (Å²) in [5.74, 6) is 0.269. The Labute approximate surface area is 127 Å². The molecular formula is C16H15ClO4. The van der Waals surface area contributed by atoms with Gasteiger partial charge in [-0.2, -0.15) is 0 Å². The van der Waals surface area contributed by atoms with Gasteiger partial charge in [0.15, 0.2) is 5.76 Å². The van der Waals surface area contributed by atoms with Crippen LogP contribution in [-0.4, -0.2) is 17.8 Å². The van der Waals surface area contributed by atoms with Gasteiger partial charge in [-0.15, -0.1) is 0 Å². The van der Waals surface area contributed by atoms with Crippen molar-refractivity contribution >= 4 is 22.8 Å². The summed E-state index contributed by atoms with van der Waals surface area (Å²) in [4.78, 5) is 22.7. The van der Waals surface area contributed by atoms with Gasteiger partial charge in [-0.3, -0.25) is 4.79 Å². The molecule has 0 atom stereocenters. The standard InChI is InChI=1S/C16H15ClO4/c1-2-3-10-20-16(19)12-6-4-11(5-7-12)13-8-9-14(21-13)15(17)18/h4-9H,2-3,10H2,1H3. The Morgan fingerprint density at radius 2 is 1.86 bits per heavy atom. The van der Waals surface area contributed by atoms with Crippen LogP contribution in [0.3, 0.4) is 0 Å². The highest BCUT2D eigenvalue weighted by molar-refractivity contribution is 6.67. The molecule has 2 aromatic rings. The molecule has 1 aromatic carbocycles. The smallest absolute Gasteiger partial charge is 0.338 e. The zero-order valence-corrected chi connectivity index (χ0v) is 12.4. The molecule has 110 valence electrons. The number of rotatable bonds is 6. The molecular weight excluding hydrogens is 292 g/mol. The number of furan rings is 1. The van der Waals surface area contributed by atoms with Crippen LogP contribution in [-0.2, 0) is 4.74 Å². The Morgan fingerprint density at radius 1 is 1.14 bits per heavy atom. The SMILES string of the molecule is CCCCOC(=O)c1ccc(-c2ccc(C(=O)Cl)o2)cc1. The van der Waals surface area contributed by atoms with Crippen molar-refractivity contribution in [3.63, 3.8) is 0 Å². The minimum atomic E-state index is -0.641. The van der Waals surface area contributed by atoms with Crippen LogP contribution in [0.2, 0.25) is 0 Å². The van der Waals surface area contributed by atoms with Gasteiger partial charge in [0.1, 0.15) is 5.76 Å². The highest BCUT2D eigenvalue weighted by Crippen LogP contribution is 2.23. The predicted octanol–water partition coefficient (Wildman–Crippen LogP) is 4.28. The second kappa shape index (κ2) is 7.09. The molecule has 0 unspecified atom stereocenters. The quantitative estimate of drug-likeness (QED) is 0.454. The Hall–Kier alpha value is -2.07. The Bertz CT molecular complexity index is 628. The molecule has 0 amide bonds. The van der Waals surface area contributed by atoms with Gasteiger partial charge in [0.2, 0.25) is 0 Å². The average molecular weight is 307 g/mol. The molecule has 0 fully saturated rings. The summed E-state index contributed by atoms with van der Waals surface area (Å²) in [7, 11) is 0. The monoisotopic (exact) mass is 306 g/mol. The zero-order valence-electron chi connectivity index (χ0n) is 11.6. The first kappa shape index (κ1) is 15.3. The highest BCUT2D eigenvalue weighted by Gasteiger charge is 2.11. The lowest BCUT2D eigenvalue weighted by Gasteiger charge is -2.04. The average Bonchev–Trinajstić information content (AvgIpc) is 2.97.